The van der Waals surface area contributed by atoms with Crippen LogP contribution in [0.25, 0.3) is 21.9 Å². The van der Waals surface area contributed by atoms with Crippen LogP contribution in [-0.2, 0) is 11.2 Å². The van der Waals surface area contributed by atoms with Crippen molar-refractivity contribution in [1.29, 1.82) is 0 Å². The molecule has 0 bridgehead atoms. The highest BCUT2D eigenvalue weighted by atomic mass is 16.5. The molecule has 0 spiro atoms. The van der Waals surface area contributed by atoms with Crippen molar-refractivity contribution in [2.45, 2.75) is 13.3 Å². The van der Waals surface area contributed by atoms with Gasteiger partial charge in [0.2, 0.25) is 5.43 Å². The van der Waals surface area contributed by atoms with Gasteiger partial charge in [-0.05, 0) is 30.7 Å². The first-order chi connectivity index (χ1) is 10.5. The molecule has 1 heterocycles. The maximum absolute atomic E-state index is 12.7. The van der Waals surface area contributed by atoms with Crippen molar-refractivity contribution < 1.29 is 19.1 Å². The third-order valence-corrected chi connectivity index (χ3v) is 3.55. The van der Waals surface area contributed by atoms with E-state index >= 15 is 0 Å². The topological polar surface area (TPSA) is 76.7 Å². The highest BCUT2D eigenvalue weighted by molar-refractivity contribution is 5.95. The fourth-order valence-corrected chi connectivity index (χ4v) is 2.62. The summed E-state index contributed by atoms with van der Waals surface area (Å²) in [7, 11) is 1.50. The van der Waals surface area contributed by atoms with Crippen molar-refractivity contribution in [3.63, 3.8) is 0 Å². The zero-order valence-corrected chi connectivity index (χ0v) is 12.2. The summed E-state index contributed by atoms with van der Waals surface area (Å²) >= 11 is 0. The van der Waals surface area contributed by atoms with E-state index in [9.17, 15) is 9.59 Å². The van der Waals surface area contributed by atoms with E-state index in [1.54, 1.807) is 30.3 Å². The van der Waals surface area contributed by atoms with Crippen LogP contribution >= 0.6 is 0 Å². The molecular formula is C17H14O5. The Morgan fingerprint density at radius 1 is 1.32 bits per heavy atom. The Hall–Kier alpha value is -2.82. The Morgan fingerprint density at radius 3 is 2.77 bits per heavy atom. The van der Waals surface area contributed by atoms with E-state index in [1.165, 1.54) is 7.11 Å². The number of fused-ring (bicyclic) bond motifs is 2. The molecule has 1 N–H and O–H groups in total. The van der Waals surface area contributed by atoms with Crippen LogP contribution in [0.4, 0.5) is 0 Å². The summed E-state index contributed by atoms with van der Waals surface area (Å²) in [6.07, 6.45) is -0.200. The zero-order chi connectivity index (χ0) is 15.9. The number of carboxylic acids is 1. The van der Waals surface area contributed by atoms with Crippen LogP contribution in [0.1, 0.15) is 11.1 Å². The molecule has 3 rings (SSSR count). The smallest absolute Gasteiger partial charge is 0.307 e. The summed E-state index contributed by atoms with van der Waals surface area (Å²) in [5.74, 6) is -0.522. The molecule has 0 saturated heterocycles. The number of hydrogen-bond acceptors (Lipinski definition) is 4. The van der Waals surface area contributed by atoms with E-state index < -0.39 is 5.97 Å². The SMILES string of the molecule is COc1cc(C)cc2oc3c(CC(=O)O)cccc3c(=O)c12. The van der Waals surface area contributed by atoms with Gasteiger partial charge in [-0.25, -0.2) is 0 Å². The average Bonchev–Trinajstić information content (AvgIpc) is 2.46. The van der Waals surface area contributed by atoms with E-state index in [-0.39, 0.29) is 11.8 Å². The van der Waals surface area contributed by atoms with Crippen molar-refractivity contribution in [3.8, 4) is 5.75 Å². The number of aliphatic carboxylic acids is 1. The van der Waals surface area contributed by atoms with Crippen molar-refractivity contribution in [3.05, 3.63) is 51.7 Å². The molecule has 0 unspecified atom stereocenters. The van der Waals surface area contributed by atoms with Crippen molar-refractivity contribution in [1.82, 2.24) is 0 Å². The Morgan fingerprint density at radius 2 is 2.09 bits per heavy atom. The molecule has 0 saturated carbocycles. The number of hydrogen-bond donors (Lipinski definition) is 1. The number of rotatable bonds is 3. The fourth-order valence-electron chi connectivity index (χ4n) is 2.62. The fraction of sp³-hybridized carbons (Fsp3) is 0.176. The second-order valence-corrected chi connectivity index (χ2v) is 5.14. The lowest BCUT2D eigenvalue weighted by Crippen LogP contribution is -2.07. The van der Waals surface area contributed by atoms with Gasteiger partial charge in [0, 0.05) is 5.56 Å². The third-order valence-electron chi connectivity index (χ3n) is 3.55. The van der Waals surface area contributed by atoms with Gasteiger partial charge in [-0.15, -0.1) is 0 Å². The van der Waals surface area contributed by atoms with Crippen LogP contribution < -0.4 is 10.2 Å². The van der Waals surface area contributed by atoms with Gasteiger partial charge in [0.25, 0.3) is 0 Å². The molecule has 2 aromatic carbocycles. The summed E-state index contributed by atoms with van der Waals surface area (Å²) < 4.78 is 11.1. The molecule has 1 aromatic heterocycles. The predicted octanol–water partition coefficient (Wildman–Crippen LogP) is 2.89. The lowest BCUT2D eigenvalue weighted by molar-refractivity contribution is -0.136. The van der Waals surface area contributed by atoms with Crippen molar-refractivity contribution in [2.75, 3.05) is 7.11 Å². The first-order valence-corrected chi connectivity index (χ1v) is 6.76. The highest BCUT2D eigenvalue weighted by Crippen LogP contribution is 2.29. The van der Waals surface area contributed by atoms with E-state index in [1.807, 2.05) is 6.92 Å². The largest absolute Gasteiger partial charge is 0.496 e. The molecule has 0 aliphatic carbocycles. The molecule has 0 radical (unpaired) electrons. The van der Waals surface area contributed by atoms with Crippen molar-refractivity contribution >= 4 is 27.9 Å². The maximum Gasteiger partial charge on any atom is 0.307 e. The second kappa shape index (κ2) is 5.18. The minimum Gasteiger partial charge on any atom is -0.496 e. The molecule has 0 aliphatic heterocycles. The van der Waals surface area contributed by atoms with Crippen LogP contribution in [0.3, 0.4) is 0 Å². The number of ether oxygens (including phenoxy) is 1. The van der Waals surface area contributed by atoms with E-state index in [2.05, 4.69) is 0 Å². The van der Waals surface area contributed by atoms with Gasteiger partial charge in [0.05, 0.1) is 18.9 Å². The Labute approximate surface area is 125 Å². The molecule has 3 aromatic rings. The van der Waals surface area contributed by atoms with Crippen LogP contribution in [0.5, 0.6) is 5.75 Å². The van der Waals surface area contributed by atoms with E-state index in [0.717, 1.165) is 5.56 Å². The molecule has 0 fully saturated rings. The summed E-state index contributed by atoms with van der Waals surface area (Å²) in [6, 6.07) is 8.45. The second-order valence-electron chi connectivity index (χ2n) is 5.14. The van der Waals surface area contributed by atoms with Crippen LogP contribution in [0.15, 0.2) is 39.5 Å². The van der Waals surface area contributed by atoms with Gasteiger partial charge in [0.15, 0.2) is 0 Å². The lowest BCUT2D eigenvalue weighted by atomic mass is 10.0. The summed E-state index contributed by atoms with van der Waals surface area (Å²) in [6.45, 7) is 1.87. The maximum atomic E-state index is 12.7. The van der Waals surface area contributed by atoms with Crippen LogP contribution in [0.2, 0.25) is 0 Å². The molecule has 5 heteroatoms. The predicted molar refractivity (Wildman–Crippen MR) is 82.6 cm³/mol. The monoisotopic (exact) mass is 298 g/mol. The standard InChI is InChI=1S/C17H14O5/c1-9-6-12(21-2)15-13(7-9)22-17-10(8-14(18)19)4-3-5-11(17)16(15)20/h3-7H,8H2,1-2H3,(H,18,19). The normalized spacial score (nSPS) is 11.0. The number of methoxy groups -OCH3 is 1. The van der Waals surface area contributed by atoms with Gasteiger partial charge in [-0.3, -0.25) is 9.59 Å². The van der Waals surface area contributed by atoms with Gasteiger partial charge in [-0.1, -0.05) is 12.1 Å². The van der Waals surface area contributed by atoms with E-state index in [4.69, 9.17) is 14.3 Å². The number of carboxylic acid groups (broad SMARTS) is 1. The minimum atomic E-state index is -0.975. The Bertz CT molecular complexity index is 953. The molecule has 0 amide bonds. The summed E-state index contributed by atoms with van der Waals surface area (Å²) in [5, 5.41) is 9.72. The Balaban J connectivity index is 2.47. The Kier molecular flexibility index (Phi) is 3.33. The number of para-hydroxylation sites is 1. The average molecular weight is 298 g/mol. The van der Waals surface area contributed by atoms with Crippen LogP contribution in [0, 0.1) is 6.92 Å². The van der Waals surface area contributed by atoms with Gasteiger partial charge in [0.1, 0.15) is 22.3 Å². The first kappa shape index (κ1) is 14.1. The quantitative estimate of drug-likeness (QED) is 0.752. The third kappa shape index (κ3) is 2.20. The number of benzene rings is 2. The first-order valence-electron chi connectivity index (χ1n) is 6.76. The molecule has 0 atom stereocenters. The van der Waals surface area contributed by atoms with Crippen LogP contribution in [-0.4, -0.2) is 18.2 Å². The van der Waals surface area contributed by atoms with Gasteiger partial charge < -0.3 is 14.3 Å². The van der Waals surface area contributed by atoms with E-state index in [0.29, 0.717) is 33.3 Å². The highest BCUT2D eigenvalue weighted by Gasteiger charge is 2.16. The molecule has 22 heavy (non-hydrogen) atoms. The van der Waals surface area contributed by atoms with Gasteiger partial charge >= 0.3 is 5.97 Å². The summed E-state index contributed by atoms with van der Waals surface area (Å²) in [4.78, 5) is 23.7. The zero-order valence-electron chi connectivity index (χ0n) is 12.2. The molecular weight excluding hydrogens is 284 g/mol. The van der Waals surface area contributed by atoms with Gasteiger partial charge in [-0.2, -0.15) is 0 Å². The molecule has 112 valence electrons. The molecule has 0 aliphatic rings. The van der Waals surface area contributed by atoms with Crippen molar-refractivity contribution in [2.24, 2.45) is 0 Å². The summed E-state index contributed by atoms with van der Waals surface area (Å²) in [5.41, 5.74) is 1.86. The minimum absolute atomic E-state index is 0.200. The molecule has 5 nitrogen and oxygen atoms in total. The number of carbonyl (C=O) groups is 1. The lowest BCUT2D eigenvalue weighted by Gasteiger charge is -2.09. The number of aryl methyl sites for hydroxylation is 1.